The van der Waals surface area contributed by atoms with Crippen LogP contribution in [0.2, 0.25) is 0 Å². The maximum atomic E-state index is 5.73. The van der Waals surface area contributed by atoms with Gasteiger partial charge >= 0.3 is 0 Å². The van der Waals surface area contributed by atoms with Gasteiger partial charge in [-0.25, -0.2) is 0 Å². The van der Waals surface area contributed by atoms with Gasteiger partial charge in [0.2, 0.25) is 0 Å². The molecule has 3 heteroatoms. The van der Waals surface area contributed by atoms with Crippen LogP contribution in [0.1, 0.15) is 43.1 Å². The molecule has 0 spiro atoms. The number of aryl methyl sites for hydroxylation is 1. The van der Waals surface area contributed by atoms with Crippen LogP contribution in [-0.4, -0.2) is 5.16 Å². The Bertz CT molecular complexity index is 514. The van der Waals surface area contributed by atoms with Crippen LogP contribution in [0.5, 0.6) is 0 Å². The first kappa shape index (κ1) is 12.8. The molecule has 0 bridgehead atoms. The lowest BCUT2D eigenvalue weighted by atomic mass is 9.96. The average molecular weight is 244 g/mol. The summed E-state index contributed by atoms with van der Waals surface area (Å²) >= 11 is 0. The fraction of sp³-hybridized carbons (Fsp3) is 0.400. The van der Waals surface area contributed by atoms with Gasteiger partial charge in [0.1, 0.15) is 11.5 Å². The molecular formula is C15H20N2O. The van der Waals surface area contributed by atoms with E-state index < -0.39 is 0 Å². The van der Waals surface area contributed by atoms with E-state index in [4.69, 9.17) is 10.3 Å². The third-order valence-electron chi connectivity index (χ3n) is 3.55. The van der Waals surface area contributed by atoms with Crippen LogP contribution in [0.15, 0.2) is 28.8 Å². The molecule has 1 heterocycles. The van der Waals surface area contributed by atoms with E-state index in [9.17, 15) is 0 Å². The number of hydrogen-bond acceptors (Lipinski definition) is 3. The van der Waals surface area contributed by atoms with E-state index in [0.29, 0.717) is 12.5 Å². The lowest BCUT2D eigenvalue weighted by Crippen LogP contribution is -1.99. The molecule has 96 valence electrons. The van der Waals surface area contributed by atoms with Crippen molar-refractivity contribution in [1.29, 1.82) is 0 Å². The van der Waals surface area contributed by atoms with Gasteiger partial charge in [0, 0.05) is 17.7 Å². The van der Waals surface area contributed by atoms with E-state index in [2.05, 4.69) is 43.3 Å². The molecule has 18 heavy (non-hydrogen) atoms. The van der Waals surface area contributed by atoms with Gasteiger partial charge in [-0.1, -0.05) is 43.3 Å². The lowest BCUT2D eigenvalue weighted by molar-refractivity contribution is 0.398. The lowest BCUT2D eigenvalue weighted by Gasteiger charge is -2.09. The molecule has 0 aliphatic rings. The van der Waals surface area contributed by atoms with Crippen molar-refractivity contribution in [2.24, 2.45) is 5.73 Å². The molecule has 1 aromatic heterocycles. The molecule has 2 rings (SSSR count). The van der Waals surface area contributed by atoms with Crippen LogP contribution in [0.25, 0.3) is 11.3 Å². The Balaban J connectivity index is 2.34. The van der Waals surface area contributed by atoms with Crippen molar-refractivity contribution in [3.05, 3.63) is 41.2 Å². The summed E-state index contributed by atoms with van der Waals surface area (Å²) in [6.07, 6.45) is 1.15. The van der Waals surface area contributed by atoms with E-state index in [0.717, 1.165) is 29.0 Å². The van der Waals surface area contributed by atoms with Crippen molar-refractivity contribution in [2.45, 2.75) is 39.7 Å². The van der Waals surface area contributed by atoms with Gasteiger partial charge in [0.25, 0.3) is 0 Å². The second-order valence-corrected chi connectivity index (χ2v) is 4.70. The maximum absolute atomic E-state index is 5.73. The van der Waals surface area contributed by atoms with E-state index >= 15 is 0 Å². The number of nitrogens with two attached hydrogens (primary N) is 1. The predicted molar refractivity (Wildman–Crippen MR) is 73.3 cm³/mol. The minimum atomic E-state index is 0.456. The van der Waals surface area contributed by atoms with E-state index in [1.807, 2.05) is 6.92 Å². The van der Waals surface area contributed by atoms with Crippen molar-refractivity contribution in [1.82, 2.24) is 5.16 Å². The molecule has 3 nitrogen and oxygen atoms in total. The zero-order chi connectivity index (χ0) is 13.1. The van der Waals surface area contributed by atoms with Crippen molar-refractivity contribution >= 4 is 0 Å². The summed E-state index contributed by atoms with van der Waals surface area (Å²) in [7, 11) is 0. The van der Waals surface area contributed by atoms with Crippen LogP contribution in [0.3, 0.4) is 0 Å². The summed E-state index contributed by atoms with van der Waals surface area (Å²) in [5.41, 5.74) is 10.0. The van der Waals surface area contributed by atoms with Gasteiger partial charge in [-0.2, -0.15) is 0 Å². The third kappa shape index (κ3) is 2.31. The molecule has 2 aromatic rings. The number of benzene rings is 1. The molecule has 0 amide bonds. The van der Waals surface area contributed by atoms with E-state index in [-0.39, 0.29) is 0 Å². The molecule has 1 aromatic carbocycles. The van der Waals surface area contributed by atoms with E-state index in [1.165, 1.54) is 5.56 Å². The quantitative estimate of drug-likeness (QED) is 0.893. The minimum Gasteiger partial charge on any atom is -0.361 e. The highest BCUT2D eigenvalue weighted by atomic mass is 16.5. The summed E-state index contributed by atoms with van der Waals surface area (Å²) in [5.74, 6) is 1.39. The first-order valence-corrected chi connectivity index (χ1v) is 6.42. The van der Waals surface area contributed by atoms with Gasteiger partial charge in [-0.3, -0.25) is 0 Å². The summed E-state index contributed by atoms with van der Waals surface area (Å²) < 4.78 is 5.21. The molecule has 0 aliphatic heterocycles. The molecule has 0 radical (unpaired) electrons. The molecule has 1 atom stereocenters. The van der Waals surface area contributed by atoms with Crippen molar-refractivity contribution in [2.75, 3.05) is 0 Å². The highest BCUT2D eigenvalue weighted by Gasteiger charge is 2.13. The first-order valence-electron chi connectivity index (χ1n) is 6.42. The number of aromatic nitrogens is 1. The van der Waals surface area contributed by atoms with Crippen LogP contribution in [0.4, 0.5) is 0 Å². The van der Waals surface area contributed by atoms with E-state index in [1.54, 1.807) is 0 Å². The van der Waals surface area contributed by atoms with Crippen molar-refractivity contribution in [3.8, 4) is 11.3 Å². The van der Waals surface area contributed by atoms with Crippen molar-refractivity contribution in [3.63, 3.8) is 0 Å². The normalized spacial score (nSPS) is 12.7. The highest BCUT2D eigenvalue weighted by Crippen LogP contribution is 2.27. The standard InChI is InChI=1S/C15H20N2O/c1-4-10(2)12-5-7-13(8-6-12)15-14(9-16)11(3)18-17-15/h5-8,10H,4,9,16H2,1-3H3. The Morgan fingerprint density at radius 2 is 1.94 bits per heavy atom. The molecular weight excluding hydrogens is 224 g/mol. The van der Waals surface area contributed by atoms with Gasteiger partial charge in [-0.15, -0.1) is 0 Å². The number of rotatable bonds is 4. The smallest absolute Gasteiger partial charge is 0.138 e. The Hall–Kier alpha value is -1.61. The largest absolute Gasteiger partial charge is 0.361 e. The topological polar surface area (TPSA) is 52.0 Å². The molecule has 0 saturated carbocycles. The summed E-state index contributed by atoms with van der Waals surface area (Å²) in [6, 6.07) is 8.51. The molecule has 2 N–H and O–H groups in total. The Labute approximate surface area is 108 Å². The van der Waals surface area contributed by atoms with Gasteiger partial charge in [0.05, 0.1) is 0 Å². The Morgan fingerprint density at radius 1 is 1.28 bits per heavy atom. The zero-order valence-corrected chi connectivity index (χ0v) is 11.2. The second kappa shape index (κ2) is 5.36. The fourth-order valence-corrected chi connectivity index (χ4v) is 2.06. The highest BCUT2D eigenvalue weighted by molar-refractivity contribution is 5.63. The molecule has 1 unspecified atom stereocenters. The molecule has 0 saturated heterocycles. The van der Waals surface area contributed by atoms with Crippen molar-refractivity contribution < 1.29 is 4.52 Å². The van der Waals surface area contributed by atoms with Gasteiger partial charge in [0.15, 0.2) is 0 Å². The summed E-state index contributed by atoms with van der Waals surface area (Å²) in [5, 5.41) is 4.10. The molecule has 0 fully saturated rings. The SMILES string of the molecule is CCC(C)c1ccc(-c2noc(C)c2CN)cc1. The predicted octanol–water partition coefficient (Wildman–Crippen LogP) is 3.62. The van der Waals surface area contributed by atoms with Crippen LogP contribution < -0.4 is 5.73 Å². The molecule has 0 aliphatic carbocycles. The summed E-state index contributed by atoms with van der Waals surface area (Å²) in [4.78, 5) is 0. The third-order valence-corrected chi connectivity index (χ3v) is 3.55. The zero-order valence-electron chi connectivity index (χ0n) is 11.2. The van der Waals surface area contributed by atoms with Gasteiger partial charge < -0.3 is 10.3 Å². The summed E-state index contributed by atoms with van der Waals surface area (Å²) in [6.45, 7) is 6.79. The number of nitrogens with zero attached hydrogens (tertiary/aromatic N) is 1. The Kier molecular flexibility index (Phi) is 3.82. The van der Waals surface area contributed by atoms with Gasteiger partial charge in [-0.05, 0) is 24.8 Å². The monoisotopic (exact) mass is 244 g/mol. The minimum absolute atomic E-state index is 0.456. The number of hydrogen-bond donors (Lipinski definition) is 1. The second-order valence-electron chi connectivity index (χ2n) is 4.70. The van der Waals surface area contributed by atoms with Crippen LogP contribution >= 0.6 is 0 Å². The average Bonchev–Trinajstić information content (AvgIpc) is 2.79. The Morgan fingerprint density at radius 3 is 2.50 bits per heavy atom. The van der Waals surface area contributed by atoms with Crippen LogP contribution in [0, 0.1) is 6.92 Å². The first-order chi connectivity index (χ1) is 8.67. The fourth-order valence-electron chi connectivity index (χ4n) is 2.06. The maximum Gasteiger partial charge on any atom is 0.138 e. The van der Waals surface area contributed by atoms with Crippen LogP contribution in [-0.2, 0) is 6.54 Å².